The first kappa shape index (κ1) is 16.9. The molecule has 3 rings (SSSR count). The molecule has 3 aromatic rings. The largest absolute Gasteiger partial charge is 0.494 e. The third-order valence-electron chi connectivity index (χ3n) is 3.36. The minimum Gasteiger partial charge on any atom is -0.494 e. The lowest BCUT2D eigenvalue weighted by atomic mass is 10.3. The average Bonchev–Trinajstić information content (AvgIpc) is 3.23. The molecule has 0 fully saturated rings. The quantitative estimate of drug-likeness (QED) is 0.426. The number of thioether (sulfide) groups is 1. The summed E-state index contributed by atoms with van der Waals surface area (Å²) in [7, 11) is 0. The summed E-state index contributed by atoms with van der Waals surface area (Å²) in [6, 6.07) is 11.2. The normalized spacial score (nSPS) is 10.9. The molecule has 0 saturated heterocycles. The Morgan fingerprint density at radius 1 is 1.25 bits per heavy atom. The second-order valence-electron chi connectivity index (χ2n) is 5.04. The first-order chi connectivity index (χ1) is 11.8. The molecule has 24 heavy (non-hydrogen) atoms. The molecule has 0 aliphatic carbocycles. The summed E-state index contributed by atoms with van der Waals surface area (Å²) in [6.07, 6.45) is 2.55. The maximum atomic E-state index is 5.93. The van der Waals surface area contributed by atoms with Crippen LogP contribution in [0.15, 0.2) is 52.2 Å². The van der Waals surface area contributed by atoms with E-state index in [1.807, 2.05) is 36.4 Å². The van der Waals surface area contributed by atoms with Gasteiger partial charge in [-0.3, -0.25) is 4.57 Å². The molecule has 0 amide bonds. The summed E-state index contributed by atoms with van der Waals surface area (Å²) in [4.78, 5) is 0. The van der Waals surface area contributed by atoms with Gasteiger partial charge in [0.15, 0.2) is 16.7 Å². The van der Waals surface area contributed by atoms with Crippen molar-refractivity contribution in [1.29, 1.82) is 0 Å². The SMILES string of the molecule is CCn1c(SCCCOc2cccc(Cl)c2)nnc1-c1ccco1. The Labute approximate surface area is 150 Å². The number of ether oxygens (including phenoxy) is 1. The van der Waals surface area contributed by atoms with Crippen molar-refractivity contribution in [2.24, 2.45) is 0 Å². The van der Waals surface area contributed by atoms with E-state index in [-0.39, 0.29) is 0 Å². The van der Waals surface area contributed by atoms with E-state index in [1.54, 1.807) is 18.0 Å². The van der Waals surface area contributed by atoms with Gasteiger partial charge < -0.3 is 9.15 Å². The Kier molecular flexibility index (Phi) is 5.82. The number of benzene rings is 1. The van der Waals surface area contributed by atoms with Gasteiger partial charge in [-0.05, 0) is 43.7 Å². The maximum Gasteiger partial charge on any atom is 0.200 e. The molecule has 0 bridgehead atoms. The van der Waals surface area contributed by atoms with Gasteiger partial charge in [0.2, 0.25) is 0 Å². The first-order valence-corrected chi connectivity index (χ1v) is 9.12. The Hall–Kier alpha value is -1.92. The molecule has 7 heteroatoms. The van der Waals surface area contributed by atoms with E-state index in [1.165, 1.54) is 0 Å². The van der Waals surface area contributed by atoms with Gasteiger partial charge in [0, 0.05) is 17.3 Å². The highest BCUT2D eigenvalue weighted by Crippen LogP contribution is 2.24. The molecule has 2 aromatic heterocycles. The zero-order chi connectivity index (χ0) is 16.8. The topological polar surface area (TPSA) is 53.1 Å². The summed E-state index contributed by atoms with van der Waals surface area (Å²) >= 11 is 7.60. The number of rotatable bonds is 8. The highest BCUT2D eigenvalue weighted by atomic mass is 35.5. The summed E-state index contributed by atoms with van der Waals surface area (Å²) in [5.41, 5.74) is 0. The molecule has 0 N–H and O–H groups in total. The molecule has 2 heterocycles. The Morgan fingerprint density at radius 3 is 2.92 bits per heavy atom. The molecule has 1 aromatic carbocycles. The van der Waals surface area contributed by atoms with Crippen LogP contribution in [0.2, 0.25) is 5.02 Å². The highest BCUT2D eigenvalue weighted by molar-refractivity contribution is 7.99. The number of aromatic nitrogens is 3. The van der Waals surface area contributed by atoms with Crippen LogP contribution < -0.4 is 4.74 Å². The van der Waals surface area contributed by atoms with Crippen LogP contribution in [0, 0.1) is 0 Å². The van der Waals surface area contributed by atoms with Gasteiger partial charge in [0.05, 0.1) is 12.9 Å². The molecule has 5 nitrogen and oxygen atoms in total. The van der Waals surface area contributed by atoms with Crippen molar-refractivity contribution in [1.82, 2.24) is 14.8 Å². The fraction of sp³-hybridized carbons (Fsp3) is 0.294. The van der Waals surface area contributed by atoms with Crippen molar-refractivity contribution in [3.63, 3.8) is 0 Å². The monoisotopic (exact) mass is 363 g/mol. The van der Waals surface area contributed by atoms with E-state index in [4.69, 9.17) is 20.8 Å². The average molecular weight is 364 g/mol. The Bertz CT molecular complexity index is 774. The zero-order valence-electron chi connectivity index (χ0n) is 13.3. The van der Waals surface area contributed by atoms with Crippen LogP contribution in [-0.4, -0.2) is 27.1 Å². The smallest absolute Gasteiger partial charge is 0.200 e. The molecule has 0 aliphatic heterocycles. The Balaban J connectivity index is 1.50. The van der Waals surface area contributed by atoms with Gasteiger partial charge in [-0.2, -0.15) is 0 Å². The van der Waals surface area contributed by atoms with Crippen LogP contribution in [0.5, 0.6) is 5.75 Å². The molecule has 0 radical (unpaired) electrons. The van der Waals surface area contributed by atoms with E-state index in [9.17, 15) is 0 Å². The van der Waals surface area contributed by atoms with Crippen molar-refractivity contribution < 1.29 is 9.15 Å². The Morgan fingerprint density at radius 2 is 2.17 bits per heavy atom. The van der Waals surface area contributed by atoms with Crippen molar-refractivity contribution in [2.45, 2.75) is 25.0 Å². The summed E-state index contributed by atoms with van der Waals surface area (Å²) in [6.45, 7) is 3.51. The molecule has 126 valence electrons. The fourth-order valence-corrected chi connectivity index (χ4v) is 3.33. The molecular formula is C17H18ClN3O2S. The zero-order valence-corrected chi connectivity index (χ0v) is 14.9. The predicted octanol–water partition coefficient (Wildman–Crippen LogP) is 4.77. The first-order valence-electron chi connectivity index (χ1n) is 7.76. The van der Waals surface area contributed by atoms with Crippen LogP contribution in [-0.2, 0) is 6.54 Å². The minimum atomic E-state index is 0.638. The molecule has 0 spiro atoms. The molecule has 0 atom stereocenters. The number of furan rings is 1. The van der Waals surface area contributed by atoms with E-state index >= 15 is 0 Å². The third kappa shape index (κ3) is 4.13. The van der Waals surface area contributed by atoms with Gasteiger partial charge in [0.1, 0.15) is 5.75 Å². The van der Waals surface area contributed by atoms with Crippen LogP contribution in [0.4, 0.5) is 0 Å². The third-order valence-corrected chi connectivity index (χ3v) is 4.65. The van der Waals surface area contributed by atoms with Gasteiger partial charge in [-0.25, -0.2) is 0 Å². The van der Waals surface area contributed by atoms with Gasteiger partial charge in [0.25, 0.3) is 0 Å². The predicted molar refractivity (Wildman–Crippen MR) is 95.7 cm³/mol. The van der Waals surface area contributed by atoms with Crippen molar-refractivity contribution in [3.05, 3.63) is 47.7 Å². The van der Waals surface area contributed by atoms with E-state index in [2.05, 4.69) is 21.7 Å². The molecule has 0 unspecified atom stereocenters. The lowest BCUT2D eigenvalue weighted by Gasteiger charge is -2.07. The minimum absolute atomic E-state index is 0.638. The van der Waals surface area contributed by atoms with E-state index in [0.717, 1.165) is 41.2 Å². The number of halogens is 1. The molecule has 0 aliphatic rings. The second kappa shape index (κ2) is 8.26. The van der Waals surface area contributed by atoms with Crippen LogP contribution in [0.3, 0.4) is 0 Å². The standard InChI is InChI=1S/C17H18ClN3O2S/c1-2-21-16(15-8-4-9-23-15)19-20-17(21)24-11-5-10-22-14-7-3-6-13(18)12-14/h3-4,6-9,12H,2,5,10-11H2,1H3. The number of nitrogens with zero attached hydrogens (tertiary/aromatic N) is 3. The summed E-state index contributed by atoms with van der Waals surface area (Å²) < 4.78 is 13.2. The summed E-state index contributed by atoms with van der Waals surface area (Å²) in [5.74, 6) is 3.20. The lowest BCUT2D eigenvalue weighted by molar-refractivity contribution is 0.318. The van der Waals surface area contributed by atoms with Gasteiger partial charge >= 0.3 is 0 Å². The molecular weight excluding hydrogens is 346 g/mol. The molecule has 0 saturated carbocycles. The second-order valence-corrected chi connectivity index (χ2v) is 6.53. The summed E-state index contributed by atoms with van der Waals surface area (Å²) in [5, 5.41) is 10.1. The van der Waals surface area contributed by atoms with Crippen LogP contribution in [0.1, 0.15) is 13.3 Å². The van der Waals surface area contributed by atoms with Crippen molar-refractivity contribution in [2.75, 3.05) is 12.4 Å². The lowest BCUT2D eigenvalue weighted by Crippen LogP contribution is -2.01. The number of hydrogen-bond acceptors (Lipinski definition) is 5. The van der Waals surface area contributed by atoms with Gasteiger partial charge in [-0.15, -0.1) is 10.2 Å². The number of hydrogen-bond donors (Lipinski definition) is 0. The fourth-order valence-electron chi connectivity index (χ4n) is 2.24. The van der Waals surface area contributed by atoms with E-state index in [0.29, 0.717) is 11.6 Å². The van der Waals surface area contributed by atoms with E-state index < -0.39 is 0 Å². The van der Waals surface area contributed by atoms with Gasteiger partial charge in [-0.1, -0.05) is 29.4 Å². The van der Waals surface area contributed by atoms with Crippen LogP contribution in [0.25, 0.3) is 11.6 Å². The van der Waals surface area contributed by atoms with Crippen LogP contribution >= 0.6 is 23.4 Å². The maximum absolute atomic E-state index is 5.93. The highest BCUT2D eigenvalue weighted by Gasteiger charge is 2.14. The van der Waals surface area contributed by atoms with Crippen molar-refractivity contribution in [3.8, 4) is 17.3 Å². The van der Waals surface area contributed by atoms with Crippen molar-refractivity contribution >= 4 is 23.4 Å².